The molecule has 0 aromatic carbocycles. The second-order valence-electron chi connectivity index (χ2n) is 3.31. The smallest absolute Gasteiger partial charge is 0.292 e. The lowest BCUT2D eigenvalue weighted by atomic mass is 10.4. The molecule has 1 rings (SSSR count). The van der Waals surface area contributed by atoms with Gasteiger partial charge in [-0.2, -0.15) is 5.10 Å². The van der Waals surface area contributed by atoms with E-state index in [1.165, 1.54) is 10.9 Å². The van der Waals surface area contributed by atoms with Gasteiger partial charge in [0.1, 0.15) is 12.2 Å². The Kier molecular flexibility index (Phi) is 5.53. The zero-order valence-electron chi connectivity index (χ0n) is 9.57. The van der Waals surface area contributed by atoms with Crippen molar-refractivity contribution in [1.29, 1.82) is 0 Å². The number of aromatic nitrogens is 2. The van der Waals surface area contributed by atoms with Crippen LogP contribution in [0.5, 0.6) is 0 Å². The summed E-state index contributed by atoms with van der Waals surface area (Å²) in [7, 11) is 1.62. The van der Waals surface area contributed by atoms with Crippen molar-refractivity contribution in [3.05, 3.63) is 21.6 Å². The predicted molar refractivity (Wildman–Crippen MR) is 67.3 cm³/mol. The Hall–Kier alpha value is -1.51. The molecule has 0 saturated carbocycles. The Bertz CT molecular complexity index is 465. The van der Waals surface area contributed by atoms with E-state index in [9.17, 15) is 4.79 Å². The Morgan fingerprint density at radius 1 is 1.71 bits per heavy atom. The number of nitrogens with one attached hydrogen (secondary N) is 1. The van der Waals surface area contributed by atoms with Crippen molar-refractivity contribution in [1.82, 2.24) is 9.78 Å². The van der Waals surface area contributed by atoms with E-state index < -0.39 is 0 Å². The van der Waals surface area contributed by atoms with Crippen LogP contribution in [0.1, 0.15) is 6.42 Å². The first kappa shape index (κ1) is 13.6. The molecule has 0 atom stereocenters. The van der Waals surface area contributed by atoms with Crippen molar-refractivity contribution >= 4 is 17.3 Å². The fraction of sp³-hybridized carbons (Fsp3) is 0.455. The van der Waals surface area contributed by atoms with Crippen molar-refractivity contribution in [2.24, 2.45) is 0 Å². The number of hydrogen-bond acceptors (Lipinski definition) is 4. The van der Waals surface area contributed by atoms with Gasteiger partial charge in [0, 0.05) is 20.3 Å². The molecule has 0 fully saturated rings. The molecule has 0 aliphatic heterocycles. The van der Waals surface area contributed by atoms with Gasteiger partial charge >= 0.3 is 0 Å². The average Bonchev–Trinajstić information content (AvgIpc) is 2.32. The van der Waals surface area contributed by atoms with Crippen molar-refractivity contribution < 1.29 is 4.74 Å². The summed E-state index contributed by atoms with van der Waals surface area (Å²) in [5, 5.41) is 7.09. The van der Waals surface area contributed by atoms with Gasteiger partial charge in [-0.05, 0) is 6.42 Å². The van der Waals surface area contributed by atoms with Gasteiger partial charge in [-0.1, -0.05) is 17.5 Å². The van der Waals surface area contributed by atoms with Gasteiger partial charge in [-0.15, -0.1) is 6.42 Å². The average molecular weight is 256 g/mol. The largest absolute Gasteiger partial charge is 0.385 e. The molecular formula is C11H14ClN3O2. The molecule has 0 unspecified atom stereocenters. The quantitative estimate of drug-likeness (QED) is 0.608. The summed E-state index contributed by atoms with van der Waals surface area (Å²) in [5.74, 6) is 2.36. The molecule has 0 spiro atoms. The molecule has 6 heteroatoms. The Morgan fingerprint density at radius 2 is 2.47 bits per heavy atom. The zero-order valence-corrected chi connectivity index (χ0v) is 10.3. The number of halogens is 1. The second-order valence-corrected chi connectivity index (χ2v) is 3.71. The SMILES string of the molecule is C#CCn1ncc(Cl)c(NCCCOC)c1=O. The Balaban J connectivity index is 2.80. The number of ether oxygens (including phenoxy) is 1. The van der Waals surface area contributed by atoms with Crippen LogP contribution in [-0.4, -0.2) is 30.0 Å². The highest BCUT2D eigenvalue weighted by Gasteiger charge is 2.08. The minimum absolute atomic E-state index is 0.128. The van der Waals surface area contributed by atoms with E-state index in [-0.39, 0.29) is 12.1 Å². The maximum absolute atomic E-state index is 11.9. The third-order valence-electron chi connectivity index (χ3n) is 2.07. The van der Waals surface area contributed by atoms with Crippen LogP contribution in [0, 0.1) is 12.3 Å². The van der Waals surface area contributed by atoms with Gasteiger partial charge in [0.25, 0.3) is 5.56 Å². The topological polar surface area (TPSA) is 56.1 Å². The summed E-state index contributed by atoms with van der Waals surface area (Å²) in [6.45, 7) is 1.35. The van der Waals surface area contributed by atoms with E-state index >= 15 is 0 Å². The molecule has 1 aromatic heterocycles. The van der Waals surface area contributed by atoms with Crippen LogP contribution in [0.4, 0.5) is 5.69 Å². The van der Waals surface area contributed by atoms with E-state index in [4.69, 9.17) is 22.8 Å². The maximum atomic E-state index is 11.9. The van der Waals surface area contributed by atoms with E-state index in [0.717, 1.165) is 6.42 Å². The fourth-order valence-corrected chi connectivity index (χ4v) is 1.45. The fourth-order valence-electron chi connectivity index (χ4n) is 1.26. The summed E-state index contributed by atoms with van der Waals surface area (Å²) < 4.78 is 6.09. The summed E-state index contributed by atoms with van der Waals surface area (Å²) in [4.78, 5) is 11.9. The highest BCUT2D eigenvalue weighted by atomic mass is 35.5. The van der Waals surface area contributed by atoms with Crippen molar-refractivity contribution in [3.8, 4) is 12.3 Å². The summed E-state index contributed by atoms with van der Waals surface area (Å²) in [6.07, 6.45) is 7.32. The van der Waals surface area contributed by atoms with Crippen LogP contribution in [0.15, 0.2) is 11.0 Å². The Morgan fingerprint density at radius 3 is 3.12 bits per heavy atom. The van der Waals surface area contributed by atoms with Gasteiger partial charge in [-0.25, -0.2) is 4.68 Å². The molecular weight excluding hydrogens is 242 g/mol. The van der Waals surface area contributed by atoms with Crippen molar-refractivity contribution in [3.63, 3.8) is 0 Å². The van der Waals surface area contributed by atoms with E-state index in [1.807, 2.05) is 0 Å². The number of terminal acetylenes is 1. The molecule has 1 heterocycles. The number of rotatable bonds is 6. The Labute approximate surface area is 105 Å². The first-order valence-electron chi connectivity index (χ1n) is 5.12. The lowest BCUT2D eigenvalue weighted by molar-refractivity contribution is 0.198. The first-order chi connectivity index (χ1) is 8.20. The highest BCUT2D eigenvalue weighted by molar-refractivity contribution is 6.32. The molecule has 1 N–H and O–H groups in total. The normalized spacial score (nSPS) is 9.94. The summed E-state index contributed by atoms with van der Waals surface area (Å²) in [5.41, 5.74) is 0.0147. The van der Waals surface area contributed by atoms with Crippen LogP contribution in [-0.2, 0) is 11.3 Å². The molecule has 5 nitrogen and oxygen atoms in total. The maximum Gasteiger partial charge on any atom is 0.292 e. The van der Waals surface area contributed by atoms with Gasteiger partial charge in [0.15, 0.2) is 0 Å². The van der Waals surface area contributed by atoms with Gasteiger partial charge < -0.3 is 10.1 Å². The van der Waals surface area contributed by atoms with Crippen LogP contribution >= 0.6 is 11.6 Å². The van der Waals surface area contributed by atoms with Crippen LogP contribution in [0.25, 0.3) is 0 Å². The molecule has 0 aliphatic carbocycles. The predicted octanol–water partition coefficient (Wildman–Crippen LogP) is 0.978. The van der Waals surface area contributed by atoms with Gasteiger partial charge in [-0.3, -0.25) is 4.79 Å². The minimum atomic E-state index is -0.312. The van der Waals surface area contributed by atoms with E-state index in [0.29, 0.717) is 23.9 Å². The van der Waals surface area contributed by atoms with Gasteiger partial charge in [0.2, 0.25) is 0 Å². The number of anilines is 1. The highest BCUT2D eigenvalue weighted by Crippen LogP contribution is 2.14. The molecule has 17 heavy (non-hydrogen) atoms. The number of methoxy groups -OCH3 is 1. The molecule has 92 valence electrons. The van der Waals surface area contributed by atoms with E-state index in [2.05, 4.69) is 16.3 Å². The lowest BCUT2D eigenvalue weighted by Gasteiger charge is -2.08. The number of nitrogens with zero attached hydrogens (tertiary/aromatic N) is 2. The lowest BCUT2D eigenvalue weighted by Crippen LogP contribution is -2.26. The van der Waals surface area contributed by atoms with Crippen LogP contribution in [0.2, 0.25) is 5.02 Å². The third-order valence-corrected chi connectivity index (χ3v) is 2.35. The summed E-state index contributed by atoms with van der Waals surface area (Å²) in [6, 6.07) is 0. The monoisotopic (exact) mass is 255 g/mol. The van der Waals surface area contributed by atoms with E-state index in [1.54, 1.807) is 7.11 Å². The molecule has 0 saturated heterocycles. The van der Waals surface area contributed by atoms with Crippen LogP contribution in [0.3, 0.4) is 0 Å². The third kappa shape index (κ3) is 3.77. The molecule has 0 radical (unpaired) electrons. The zero-order chi connectivity index (χ0) is 12.7. The molecule has 0 amide bonds. The second kappa shape index (κ2) is 6.94. The first-order valence-corrected chi connectivity index (χ1v) is 5.50. The minimum Gasteiger partial charge on any atom is -0.385 e. The van der Waals surface area contributed by atoms with Gasteiger partial charge in [0.05, 0.1) is 11.2 Å². The number of hydrogen-bond donors (Lipinski definition) is 1. The molecule has 1 aromatic rings. The molecule has 0 aliphatic rings. The standard InChI is InChI=1S/C11H14ClN3O2/c1-3-6-15-11(16)10(9(12)8-14-15)13-5-4-7-17-2/h1,8,13H,4-7H2,2H3. The van der Waals surface area contributed by atoms with Crippen molar-refractivity contribution in [2.75, 3.05) is 25.6 Å². The summed E-state index contributed by atoms with van der Waals surface area (Å²) >= 11 is 5.89. The molecule has 0 bridgehead atoms. The van der Waals surface area contributed by atoms with Crippen LogP contribution < -0.4 is 10.9 Å². The van der Waals surface area contributed by atoms with Crippen molar-refractivity contribution in [2.45, 2.75) is 13.0 Å².